The molecule has 0 amide bonds. The Hall–Kier alpha value is -1.58. The van der Waals surface area contributed by atoms with Crippen LogP contribution < -0.4 is 0 Å². The van der Waals surface area contributed by atoms with E-state index in [1.807, 2.05) is 0 Å². The Labute approximate surface area is 174 Å². The molecule has 0 fully saturated rings. The fraction of sp³-hybridized carbons (Fsp3) is 0.800. The molecule has 0 radical (unpaired) electrons. The van der Waals surface area contributed by atoms with Crippen molar-refractivity contribution in [1.82, 2.24) is 0 Å². The zero-order chi connectivity index (χ0) is 22.8. The van der Waals surface area contributed by atoms with Crippen LogP contribution in [0.15, 0.2) is 0 Å². The van der Waals surface area contributed by atoms with Crippen LogP contribution in [-0.2, 0) is 37.5 Å². The molecular weight excluding hydrogens is 396 g/mol. The van der Waals surface area contributed by atoms with E-state index < -0.39 is 43.5 Å². The van der Waals surface area contributed by atoms with Crippen LogP contribution in [0.2, 0.25) is 0 Å². The summed E-state index contributed by atoms with van der Waals surface area (Å²) in [6.45, 7) is 13.6. The number of esters is 2. The Kier molecular flexibility index (Phi) is 12.2. The van der Waals surface area contributed by atoms with Crippen LogP contribution in [0, 0.1) is 0 Å². The van der Waals surface area contributed by atoms with Gasteiger partial charge in [-0.15, -0.1) is 0 Å². The van der Waals surface area contributed by atoms with E-state index in [1.54, 1.807) is 55.4 Å². The Balaban J connectivity index is 5.49. The molecule has 0 aliphatic rings. The standard InChI is InChI=1S/C20H36O8Si/c1-13(2)25-17(21)9-11-19(23)29(27-15(5)6,28-16(7)8)20(24)12-10-18(22)26-14(3)4/h13-16H,9-12H2,1-8H3. The van der Waals surface area contributed by atoms with E-state index in [1.165, 1.54) is 0 Å². The molecule has 0 saturated carbocycles. The summed E-state index contributed by atoms with van der Waals surface area (Å²) in [6.07, 6.45) is -2.27. The number of hydrogen-bond acceptors (Lipinski definition) is 8. The highest BCUT2D eigenvalue weighted by atomic mass is 28.4. The maximum Gasteiger partial charge on any atom is 0.481 e. The average Bonchev–Trinajstić information content (AvgIpc) is 2.54. The molecule has 0 aliphatic carbocycles. The minimum absolute atomic E-state index is 0.169. The van der Waals surface area contributed by atoms with Crippen molar-refractivity contribution in [3.63, 3.8) is 0 Å². The van der Waals surface area contributed by atoms with Gasteiger partial charge in [-0.05, 0) is 55.4 Å². The van der Waals surface area contributed by atoms with Gasteiger partial charge in [0.15, 0.2) is 10.8 Å². The van der Waals surface area contributed by atoms with Gasteiger partial charge >= 0.3 is 20.5 Å². The lowest BCUT2D eigenvalue weighted by Crippen LogP contribution is -2.60. The largest absolute Gasteiger partial charge is 0.481 e. The Morgan fingerprint density at radius 1 is 0.552 bits per heavy atom. The molecule has 0 N–H and O–H groups in total. The van der Waals surface area contributed by atoms with E-state index in [-0.39, 0.29) is 37.9 Å². The Bertz CT molecular complexity index is 519. The molecule has 0 bridgehead atoms. The summed E-state index contributed by atoms with van der Waals surface area (Å²) in [7, 11) is -4.04. The molecule has 0 heterocycles. The van der Waals surface area contributed by atoms with Crippen molar-refractivity contribution < 1.29 is 37.5 Å². The van der Waals surface area contributed by atoms with Gasteiger partial charge in [0.1, 0.15) is 0 Å². The maximum atomic E-state index is 13.1. The van der Waals surface area contributed by atoms with E-state index >= 15 is 0 Å². The number of rotatable bonds is 14. The maximum absolute atomic E-state index is 13.1. The number of carbonyl (C=O) groups is 4. The summed E-state index contributed by atoms with van der Waals surface area (Å²) in [5.41, 5.74) is 0. The number of ether oxygens (including phenoxy) is 2. The molecule has 0 saturated heterocycles. The SMILES string of the molecule is CC(C)OC(=O)CCC(=O)[Si](OC(C)C)(OC(C)C)C(=O)CCC(=O)OC(C)C. The van der Waals surface area contributed by atoms with Crippen molar-refractivity contribution in [2.45, 2.75) is 105 Å². The third-order valence-electron chi connectivity index (χ3n) is 3.38. The summed E-state index contributed by atoms with van der Waals surface area (Å²) in [5.74, 6) is -1.06. The summed E-state index contributed by atoms with van der Waals surface area (Å²) in [4.78, 5) is 49.8. The predicted octanol–water partition coefficient (Wildman–Crippen LogP) is 2.96. The van der Waals surface area contributed by atoms with Crippen LogP contribution in [0.1, 0.15) is 81.1 Å². The number of carbonyl (C=O) groups excluding carboxylic acids is 4. The summed E-state index contributed by atoms with van der Waals surface area (Å²) in [6, 6.07) is 0. The predicted molar refractivity (Wildman–Crippen MR) is 109 cm³/mol. The van der Waals surface area contributed by atoms with Crippen molar-refractivity contribution in [2.24, 2.45) is 0 Å². The van der Waals surface area contributed by atoms with Crippen molar-refractivity contribution in [3.05, 3.63) is 0 Å². The van der Waals surface area contributed by atoms with Gasteiger partial charge in [-0.1, -0.05) is 0 Å². The Morgan fingerprint density at radius 3 is 1.10 bits per heavy atom. The van der Waals surface area contributed by atoms with Crippen LogP contribution in [0.3, 0.4) is 0 Å². The molecule has 9 heteroatoms. The summed E-state index contributed by atoms with van der Waals surface area (Å²) >= 11 is 0. The third kappa shape index (κ3) is 10.7. The highest BCUT2D eigenvalue weighted by Crippen LogP contribution is 2.21. The second-order valence-corrected chi connectivity index (χ2v) is 10.7. The molecule has 168 valence electrons. The minimum Gasteiger partial charge on any atom is -0.463 e. The first-order chi connectivity index (χ1) is 13.3. The average molecular weight is 433 g/mol. The van der Waals surface area contributed by atoms with Crippen molar-refractivity contribution in [1.29, 1.82) is 0 Å². The smallest absolute Gasteiger partial charge is 0.463 e. The van der Waals surface area contributed by atoms with E-state index in [0.717, 1.165) is 0 Å². The van der Waals surface area contributed by atoms with Crippen LogP contribution in [-0.4, -0.2) is 55.7 Å². The molecule has 0 spiro atoms. The van der Waals surface area contributed by atoms with Crippen LogP contribution in [0.25, 0.3) is 0 Å². The van der Waals surface area contributed by atoms with Gasteiger partial charge < -0.3 is 18.3 Å². The van der Waals surface area contributed by atoms with E-state index in [2.05, 4.69) is 0 Å². The van der Waals surface area contributed by atoms with Crippen molar-refractivity contribution in [3.8, 4) is 0 Å². The Morgan fingerprint density at radius 2 is 0.862 bits per heavy atom. The fourth-order valence-corrected chi connectivity index (χ4v) is 5.64. The molecule has 0 rings (SSSR count). The van der Waals surface area contributed by atoms with E-state index in [9.17, 15) is 19.2 Å². The van der Waals surface area contributed by atoms with Gasteiger partial charge in [-0.3, -0.25) is 19.2 Å². The molecule has 0 unspecified atom stereocenters. The van der Waals surface area contributed by atoms with Gasteiger partial charge in [0.25, 0.3) is 0 Å². The molecule has 0 aromatic rings. The van der Waals surface area contributed by atoms with Crippen molar-refractivity contribution >= 4 is 31.3 Å². The second-order valence-electron chi connectivity index (χ2n) is 7.87. The second kappa shape index (κ2) is 12.9. The normalized spacial score (nSPS) is 12.0. The molecule has 8 nitrogen and oxygen atoms in total. The van der Waals surface area contributed by atoms with Gasteiger partial charge in [0.2, 0.25) is 0 Å². The first kappa shape index (κ1) is 27.4. The highest BCUT2D eigenvalue weighted by molar-refractivity contribution is 7.17. The molecule has 0 aromatic carbocycles. The summed E-state index contributed by atoms with van der Waals surface area (Å²) in [5, 5.41) is -1.08. The zero-order valence-corrected chi connectivity index (χ0v) is 19.9. The number of hydrogen-bond donors (Lipinski definition) is 0. The zero-order valence-electron chi connectivity index (χ0n) is 18.9. The molecule has 29 heavy (non-hydrogen) atoms. The lowest BCUT2D eigenvalue weighted by atomic mass is 10.3. The van der Waals surface area contributed by atoms with Crippen LogP contribution >= 0.6 is 0 Å². The van der Waals surface area contributed by atoms with Crippen LogP contribution in [0.4, 0.5) is 0 Å². The van der Waals surface area contributed by atoms with Gasteiger partial charge in [0, 0.05) is 25.0 Å². The van der Waals surface area contributed by atoms with E-state index in [4.69, 9.17) is 18.3 Å². The first-order valence-electron chi connectivity index (χ1n) is 10.1. The van der Waals surface area contributed by atoms with Gasteiger partial charge in [-0.25, -0.2) is 0 Å². The molecule has 0 aromatic heterocycles. The monoisotopic (exact) mass is 432 g/mol. The topological polar surface area (TPSA) is 105 Å². The summed E-state index contributed by atoms with van der Waals surface area (Å²) < 4.78 is 21.7. The highest BCUT2D eigenvalue weighted by Gasteiger charge is 2.54. The van der Waals surface area contributed by atoms with Gasteiger partial charge in [0.05, 0.1) is 25.0 Å². The van der Waals surface area contributed by atoms with E-state index in [0.29, 0.717) is 0 Å². The molecule has 0 aliphatic heterocycles. The minimum atomic E-state index is -4.04. The molecule has 0 atom stereocenters. The first-order valence-corrected chi connectivity index (χ1v) is 11.9. The lowest BCUT2D eigenvalue weighted by Gasteiger charge is -2.31. The lowest BCUT2D eigenvalue weighted by molar-refractivity contribution is -0.148. The fourth-order valence-electron chi connectivity index (χ4n) is 2.51. The molecular formula is C20H36O8Si. The quantitative estimate of drug-likeness (QED) is 0.305. The van der Waals surface area contributed by atoms with Crippen molar-refractivity contribution in [2.75, 3.05) is 0 Å². The van der Waals surface area contributed by atoms with Crippen LogP contribution in [0.5, 0.6) is 0 Å². The third-order valence-corrected chi connectivity index (χ3v) is 6.96. The van der Waals surface area contributed by atoms with Gasteiger partial charge in [-0.2, -0.15) is 0 Å².